The highest BCUT2D eigenvalue weighted by Crippen LogP contribution is 2.51. The predicted octanol–water partition coefficient (Wildman–Crippen LogP) is 3.60. The number of nitrogens with zero attached hydrogens (tertiary/aromatic N) is 1. The minimum Gasteiger partial charge on any atom is -0.321 e. The number of pyridine rings is 1. The molecule has 0 radical (unpaired) electrons. The number of aromatic nitrogens is 1. The summed E-state index contributed by atoms with van der Waals surface area (Å²) < 4.78 is 0. The highest BCUT2D eigenvalue weighted by atomic mass is 14.8. The molecular weight excluding hydrogens is 220 g/mol. The lowest BCUT2D eigenvalue weighted by molar-refractivity contribution is 0.212. The van der Waals surface area contributed by atoms with E-state index in [1.54, 1.807) is 0 Å². The summed E-state index contributed by atoms with van der Waals surface area (Å²) in [5.41, 5.74) is 8.95. The SMILES string of the molecule is CC1(C)CCCC1(N)c1cccc2cccnc12. The van der Waals surface area contributed by atoms with Crippen molar-refractivity contribution >= 4 is 10.9 Å². The van der Waals surface area contributed by atoms with Gasteiger partial charge in [0, 0.05) is 17.1 Å². The molecular formula is C16H20N2. The zero-order valence-electron chi connectivity index (χ0n) is 11.1. The predicted molar refractivity (Wildman–Crippen MR) is 75.2 cm³/mol. The number of benzene rings is 1. The Kier molecular flexibility index (Phi) is 2.46. The molecule has 0 bridgehead atoms. The average molecular weight is 240 g/mol. The minimum absolute atomic E-state index is 0.138. The van der Waals surface area contributed by atoms with Crippen LogP contribution in [0.3, 0.4) is 0 Å². The third kappa shape index (κ3) is 1.49. The van der Waals surface area contributed by atoms with E-state index in [4.69, 9.17) is 5.73 Å². The summed E-state index contributed by atoms with van der Waals surface area (Å²) >= 11 is 0. The summed E-state index contributed by atoms with van der Waals surface area (Å²) in [7, 11) is 0. The van der Waals surface area contributed by atoms with E-state index < -0.39 is 0 Å². The van der Waals surface area contributed by atoms with Crippen LogP contribution < -0.4 is 5.73 Å². The Balaban J connectivity index is 2.26. The topological polar surface area (TPSA) is 38.9 Å². The largest absolute Gasteiger partial charge is 0.321 e. The van der Waals surface area contributed by atoms with Crippen molar-refractivity contribution in [1.29, 1.82) is 0 Å². The molecule has 1 unspecified atom stereocenters. The van der Waals surface area contributed by atoms with Crippen molar-refractivity contribution in [2.24, 2.45) is 11.1 Å². The molecule has 1 aromatic heterocycles. The molecule has 94 valence electrons. The second kappa shape index (κ2) is 3.79. The van der Waals surface area contributed by atoms with Crippen LogP contribution in [0.25, 0.3) is 10.9 Å². The molecule has 1 atom stereocenters. The highest BCUT2D eigenvalue weighted by Gasteiger charge is 2.47. The first-order chi connectivity index (χ1) is 8.55. The van der Waals surface area contributed by atoms with Crippen LogP contribution >= 0.6 is 0 Å². The Labute approximate surface area is 108 Å². The minimum atomic E-state index is -0.249. The van der Waals surface area contributed by atoms with Crippen LogP contribution in [0.4, 0.5) is 0 Å². The van der Waals surface area contributed by atoms with E-state index in [1.165, 1.54) is 23.8 Å². The van der Waals surface area contributed by atoms with Crippen LogP contribution in [0.2, 0.25) is 0 Å². The molecule has 18 heavy (non-hydrogen) atoms. The van der Waals surface area contributed by atoms with Gasteiger partial charge in [-0.05, 0) is 29.9 Å². The highest BCUT2D eigenvalue weighted by molar-refractivity contribution is 5.82. The standard InChI is InChI=1S/C16H20N2/c1-15(2)9-5-10-16(15,17)13-8-3-6-12-7-4-11-18-14(12)13/h3-4,6-8,11H,5,9-10,17H2,1-2H3. The van der Waals surface area contributed by atoms with E-state index in [-0.39, 0.29) is 11.0 Å². The van der Waals surface area contributed by atoms with E-state index in [2.05, 4.69) is 43.1 Å². The molecule has 1 saturated carbocycles. The molecule has 1 fully saturated rings. The molecule has 0 spiro atoms. The van der Waals surface area contributed by atoms with Crippen LogP contribution in [0.1, 0.15) is 38.7 Å². The Morgan fingerprint density at radius 3 is 2.61 bits per heavy atom. The number of fused-ring (bicyclic) bond motifs is 1. The van der Waals surface area contributed by atoms with Gasteiger partial charge in [-0.3, -0.25) is 4.98 Å². The van der Waals surface area contributed by atoms with E-state index in [9.17, 15) is 0 Å². The van der Waals surface area contributed by atoms with Crippen molar-refractivity contribution in [2.75, 3.05) is 0 Å². The molecule has 2 N–H and O–H groups in total. The molecule has 2 nitrogen and oxygen atoms in total. The summed E-state index contributed by atoms with van der Waals surface area (Å²) in [6, 6.07) is 10.5. The van der Waals surface area contributed by atoms with E-state index in [1.807, 2.05) is 12.3 Å². The van der Waals surface area contributed by atoms with Crippen molar-refractivity contribution in [3.8, 4) is 0 Å². The first-order valence-electron chi connectivity index (χ1n) is 6.68. The summed E-state index contributed by atoms with van der Waals surface area (Å²) in [6.07, 6.45) is 5.30. The van der Waals surface area contributed by atoms with Gasteiger partial charge >= 0.3 is 0 Å². The van der Waals surface area contributed by atoms with Crippen molar-refractivity contribution in [1.82, 2.24) is 4.98 Å². The van der Waals surface area contributed by atoms with Crippen LogP contribution in [-0.4, -0.2) is 4.98 Å². The quantitative estimate of drug-likeness (QED) is 0.827. The first-order valence-corrected chi connectivity index (χ1v) is 6.68. The van der Waals surface area contributed by atoms with Crippen molar-refractivity contribution < 1.29 is 0 Å². The Morgan fingerprint density at radius 1 is 1.11 bits per heavy atom. The maximum Gasteiger partial charge on any atom is 0.0752 e. The molecule has 0 saturated heterocycles. The van der Waals surface area contributed by atoms with Gasteiger partial charge < -0.3 is 5.73 Å². The van der Waals surface area contributed by atoms with Gasteiger partial charge in [-0.2, -0.15) is 0 Å². The third-order valence-corrected chi connectivity index (χ3v) is 4.69. The fraction of sp³-hybridized carbons (Fsp3) is 0.438. The van der Waals surface area contributed by atoms with Gasteiger partial charge in [0.05, 0.1) is 5.52 Å². The summed E-state index contributed by atoms with van der Waals surface area (Å²) in [5.74, 6) is 0. The summed E-state index contributed by atoms with van der Waals surface area (Å²) in [5, 5.41) is 1.18. The fourth-order valence-electron chi connectivity index (χ4n) is 3.33. The van der Waals surface area contributed by atoms with Crippen molar-refractivity contribution in [2.45, 2.75) is 38.6 Å². The second-order valence-electron chi connectivity index (χ2n) is 6.09. The summed E-state index contributed by atoms with van der Waals surface area (Å²) in [6.45, 7) is 4.56. The molecule has 1 aliphatic carbocycles. The van der Waals surface area contributed by atoms with Gasteiger partial charge in [-0.1, -0.05) is 44.5 Å². The number of para-hydroxylation sites is 1. The Morgan fingerprint density at radius 2 is 1.89 bits per heavy atom. The number of rotatable bonds is 1. The Hall–Kier alpha value is -1.41. The van der Waals surface area contributed by atoms with Gasteiger partial charge in [-0.15, -0.1) is 0 Å². The van der Waals surface area contributed by atoms with Gasteiger partial charge in [0.25, 0.3) is 0 Å². The van der Waals surface area contributed by atoms with Crippen molar-refractivity contribution in [3.05, 3.63) is 42.1 Å². The first kappa shape index (κ1) is 11.7. The molecule has 0 aliphatic heterocycles. The fourth-order valence-corrected chi connectivity index (χ4v) is 3.33. The summed E-state index contributed by atoms with van der Waals surface area (Å²) in [4.78, 5) is 4.56. The van der Waals surface area contributed by atoms with Crippen LogP contribution in [0, 0.1) is 5.41 Å². The van der Waals surface area contributed by atoms with Crippen LogP contribution in [-0.2, 0) is 5.54 Å². The zero-order valence-corrected chi connectivity index (χ0v) is 11.1. The van der Waals surface area contributed by atoms with Crippen molar-refractivity contribution in [3.63, 3.8) is 0 Å². The number of nitrogens with two attached hydrogens (primary N) is 1. The maximum atomic E-state index is 6.78. The molecule has 3 rings (SSSR count). The van der Waals surface area contributed by atoms with Gasteiger partial charge in [0.15, 0.2) is 0 Å². The van der Waals surface area contributed by atoms with Gasteiger partial charge in [0.2, 0.25) is 0 Å². The van der Waals surface area contributed by atoms with E-state index in [0.29, 0.717) is 0 Å². The lowest BCUT2D eigenvalue weighted by Gasteiger charge is -2.39. The smallest absolute Gasteiger partial charge is 0.0752 e. The van der Waals surface area contributed by atoms with E-state index in [0.717, 1.165) is 11.9 Å². The van der Waals surface area contributed by atoms with Gasteiger partial charge in [-0.25, -0.2) is 0 Å². The molecule has 1 heterocycles. The lowest BCUT2D eigenvalue weighted by atomic mass is 9.71. The van der Waals surface area contributed by atoms with Gasteiger partial charge in [0.1, 0.15) is 0 Å². The average Bonchev–Trinajstić information content (AvgIpc) is 2.64. The normalized spacial score (nSPS) is 26.6. The molecule has 1 aromatic carbocycles. The van der Waals surface area contributed by atoms with Crippen LogP contribution in [0.5, 0.6) is 0 Å². The molecule has 0 amide bonds. The molecule has 2 heteroatoms. The molecule has 1 aliphatic rings. The second-order valence-corrected chi connectivity index (χ2v) is 6.09. The molecule has 2 aromatic rings. The monoisotopic (exact) mass is 240 g/mol. The third-order valence-electron chi connectivity index (χ3n) is 4.69. The van der Waals surface area contributed by atoms with Crippen LogP contribution in [0.15, 0.2) is 36.5 Å². The maximum absolute atomic E-state index is 6.78. The number of hydrogen-bond donors (Lipinski definition) is 1. The number of hydrogen-bond acceptors (Lipinski definition) is 2. The Bertz CT molecular complexity index is 583. The zero-order chi connectivity index (χ0) is 12.8. The lowest BCUT2D eigenvalue weighted by Crippen LogP contribution is -2.45. The van der Waals surface area contributed by atoms with E-state index >= 15 is 0 Å².